The SMILES string of the molecule is CC[C@H]1OC(=O)[C@H](C)[C@@H](O[C@H]2C[C@@](C)(OC)[C@@H](O)[C@H](C)O2)[C@H](C)[C@@H](O[C@@H]2O[C@H](C)C[C@H](N(C)C)[C@H]2OCCCNC(=O)c2ccc(Cl)cc2)[C@](C)(O)C[C@@H](C)CN(C)[C@H](C)[C@@H](O)[C@]1(C)O. The van der Waals surface area contributed by atoms with Crippen molar-refractivity contribution in [2.75, 3.05) is 47.9 Å². The summed E-state index contributed by atoms with van der Waals surface area (Å²) in [6.45, 7) is 18.8. The Bertz CT molecular complexity index is 1660. The van der Waals surface area contributed by atoms with Crippen molar-refractivity contribution >= 4 is 23.5 Å². The van der Waals surface area contributed by atoms with Gasteiger partial charge < -0.3 is 68.7 Å². The largest absolute Gasteiger partial charge is 0.459 e. The van der Waals surface area contributed by atoms with Gasteiger partial charge in [0.05, 0.1) is 41.5 Å². The fourth-order valence-electron chi connectivity index (χ4n) is 10.1. The summed E-state index contributed by atoms with van der Waals surface area (Å²) in [5.41, 5.74) is -3.96. The molecule has 18 atom stereocenters. The van der Waals surface area contributed by atoms with Gasteiger partial charge in [-0.1, -0.05) is 32.4 Å². The molecule has 1 amide bonds. The van der Waals surface area contributed by atoms with Gasteiger partial charge in [-0.2, -0.15) is 0 Å². The maximum atomic E-state index is 14.5. The molecule has 1 aromatic carbocycles. The molecule has 0 aliphatic carbocycles. The van der Waals surface area contributed by atoms with E-state index in [0.29, 0.717) is 36.5 Å². The van der Waals surface area contributed by atoms with Gasteiger partial charge in [-0.25, -0.2) is 0 Å². The van der Waals surface area contributed by atoms with E-state index in [2.05, 4.69) is 10.2 Å². The van der Waals surface area contributed by atoms with E-state index in [1.54, 1.807) is 58.9 Å². The number of methoxy groups -OCH3 is 1. The number of cyclic esters (lactones) is 1. The first-order valence-corrected chi connectivity index (χ1v) is 23.9. The highest BCUT2D eigenvalue weighted by molar-refractivity contribution is 6.30. The second-order valence-corrected chi connectivity index (χ2v) is 20.6. The van der Waals surface area contributed by atoms with Crippen LogP contribution in [0, 0.1) is 17.8 Å². The van der Waals surface area contributed by atoms with E-state index in [1.807, 2.05) is 53.7 Å². The number of hydrogen-bond acceptors (Lipinski definition) is 15. The normalized spacial score (nSPS) is 41.9. The molecule has 16 nitrogen and oxygen atoms in total. The number of rotatable bonds is 13. The van der Waals surface area contributed by atoms with Gasteiger partial charge >= 0.3 is 5.97 Å². The number of amides is 1. The third-order valence-electron chi connectivity index (χ3n) is 14.2. The molecule has 0 aromatic heterocycles. The minimum Gasteiger partial charge on any atom is -0.459 e. The number of carbonyl (C=O) groups excluding carboxylic acids is 2. The molecule has 3 aliphatic heterocycles. The van der Waals surface area contributed by atoms with Gasteiger partial charge in [-0.3, -0.25) is 9.59 Å². The van der Waals surface area contributed by atoms with Crippen LogP contribution in [0.2, 0.25) is 5.02 Å². The summed E-state index contributed by atoms with van der Waals surface area (Å²) < 4.78 is 45.4. The number of nitrogens with one attached hydrogen (secondary N) is 1. The quantitative estimate of drug-likeness (QED) is 0.138. The van der Waals surface area contributed by atoms with E-state index in [9.17, 15) is 30.0 Å². The van der Waals surface area contributed by atoms with Crippen LogP contribution in [-0.4, -0.2) is 180 Å². The average Bonchev–Trinajstić information content (AvgIpc) is 3.24. The Morgan fingerprint density at radius 2 is 1.62 bits per heavy atom. The number of ether oxygens (including phenoxy) is 7. The summed E-state index contributed by atoms with van der Waals surface area (Å²) in [6, 6.07) is 5.95. The van der Waals surface area contributed by atoms with Crippen molar-refractivity contribution in [1.82, 2.24) is 15.1 Å². The molecule has 3 heterocycles. The molecule has 0 unspecified atom stereocenters. The zero-order valence-electron chi connectivity index (χ0n) is 41.4. The second-order valence-electron chi connectivity index (χ2n) is 20.1. The van der Waals surface area contributed by atoms with Gasteiger partial charge in [-0.05, 0) is 125 Å². The standard InChI is InChI=1S/C48H82ClN3O13/c1-15-36-48(10,58)40(53)31(6)52(13)26-27(2)24-46(8,57)42(29(4)38(30(5)44(56)63-36)64-37-25-47(9,59-14)41(54)32(7)62-37)65-45-39(35(51(11)12)23-28(3)61-45)60-22-16-21-50-43(55)33-17-19-34(49)20-18-33/h17-20,27-32,35-42,45,53-54,57-58H,15-16,21-26H2,1-14H3,(H,50,55)/t27-,28-,29+,30-,31-,32+,35+,36-,37+,38+,39-,40-,41+,42-,45+,46-,47-,48-/m1/s1. The fraction of sp³-hybridized carbons (Fsp3) is 0.833. The smallest absolute Gasteiger partial charge is 0.311 e. The summed E-state index contributed by atoms with van der Waals surface area (Å²) in [6.07, 6.45) is -7.34. The minimum absolute atomic E-state index is 0.117. The van der Waals surface area contributed by atoms with Gasteiger partial charge in [0.1, 0.15) is 30.0 Å². The second kappa shape index (κ2) is 23.5. The lowest BCUT2D eigenvalue weighted by molar-refractivity contribution is -0.321. The number of halogens is 1. The first-order valence-electron chi connectivity index (χ1n) is 23.5. The molecular weight excluding hydrogens is 862 g/mol. The Labute approximate surface area is 392 Å². The van der Waals surface area contributed by atoms with Crippen molar-refractivity contribution in [2.24, 2.45) is 17.8 Å². The number of likely N-dealkylation sites (N-methyl/N-ethyl adjacent to an activating group) is 2. The minimum atomic E-state index is -1.83. The molecule has 374 valence electrons. The molecule has 0 radical (unpaired) electrons. The number of aliphatic hydroxyl groups is 4. The van der Waals surface area contributed by atoms with E-state index < -0.39 is 96.0 Å². The van der Waals surface area contributed by atoms with Crippen LogP contribution in [-0.2, 0) is 38.0 Å². The van der Waals surface area contributed by atoms with Gasteiger partial charge in [0.15, 0.2) is 12.6 Å². The maximum Gasteiger partial charge on any atom is 0.311 e. The number of aliphatic hydroxyl groups excluding tert-OH is 2. The molecule has 3 aliphatic rings. The number of carbonyl (C=O) groups is 2. The van der Waals surface area contributed by atoms with Crippen LogP contribution >= 0.6 is 11.6 Å². The zero-order valence-corrected chi connectivity index (χ0v) is 42.1. The summed E-state index contributed by atoms with van der Waals surface area (Å²) in [7, 11) is 7.30. The van der Waals surface area contributed by atoms with Crippen molar-refractivity contribution in [3.05, 3.63) is 34.9 Å². The molecule has 5 N–H and O–H groups in total. The van der Waals surface area contributed by atoms with E-state index in [1.165, 1.54) is 14.0 Å². The van der Waals surface area contributed by atoms with Crippen LogP contribution in [0.15, 0.2) is 24.3 Å². The summed E-state index contributed by atoms with van der Waals surface area (Å²) in [4.78, 5) is 31.3. The first-order chi connectivity index (χ1) is 30.3. The van der Waals surface area contributed by atoms with Crippen LogP contribution in [0.1, 0.15) is 112 Å². The Morgan fingerprint density at radius 3 is 2.22 bits per heavy atom. The zero-order chi connectivity index (χ0) is 48.8. The molecule has 0 saturated carbocycles. The first kappa shape index (κ1) is 55.6. The lowest BCUT2D eigenvalue weighted by Crippen LogP contribution is -2.61. The predicted octanol–water partition coefficient (Wildman–Crippen LogP) is 4.40. The van der Waals surface area contributed by atoms with E-state index in [-0.39, 0.29) is 49.8 Å². The lowest BCUT2D eigenvalue weighted by atomic mass is 9.77. The van der Waals surface area contributed by atoms with E-state index >= 15 is 0 Å². The number of benzene rings is 1. The van der Waals surface area contributed by atoms with Crippen LogP contribution in [0.5, 0.6) is 0 Å². The Hall–Kier alpha value is -2.03. The van der Waals surface area contributed by atoms with Crippen molar-refractivity contribution in [3.8, 4) is 0 Å². The third kappa shape index (κ3) is 13.8. The van der Waals surface area contributed by atoms with Gasteiger partial charge in [-0.15, -0.1) is 0 Å². The highest BCUT2D eigenvalue weighted by atomic mass is 35.5. The number of nitrogens with zero attached hydrogens (tertiary/aromatic N) is 2. The fourth-order valence-corrected chi connectivity index (χ4v) is 10.2. The molecule has 0 spiro atoms. The van der Waals surface area contributed by atoms with Crippen LogP contribution in [0.3, 0.4) is 0 Å². The number of esters is 1. The van der Waals surface area contributed by atoms with Crippen LogP contribution in [0.25, 0.3) is 0 Å². The summed E-state index contributed by atoms with van der Waals surface area (Å²) in [5.74, 6) is -2.89. The van der Waals surface area contributed by atoms with E-state index in [0.717, 1.165) is 0 Å². The monoisotopic (exact) mass is 944 g/mol. The highest BCUT2D eigenvalue weighted by Gasteiger charge is 2.53. The van der Waals surface area contributed by atoms with Crippen molar-refractivity contribution < 1.29 is 63.2 Å². The Kier molecular flexibility index (Phi) is 20.1. The molecule has 17 heteroatoms. The lowest BCUT2D eigenvalue weighted by Gasteiger charge is -2.49. The Morgan fingerprint density at radius 1 is 0.969 bits per heavy atom. The molecule has 3 saturated heterocycles. The average molecular weight is 945 g/mol. The van der Waals surface area contributed by atoms with Gasteiger partial charge in [0, 0.05) is 61.8 Å². The molecule has 65 heavy (non-hydrogen) atoms. The van der Waals surface area contributed by atoms with E-state index in [4.69, 9.17) is 44.8 Å². The topological polar surface area (TPSA) is 198 Å². The van der Waals surface area contributed by atoms with Gasteiger partial charge in [0.2, 0.25) is 0 Å². The maximum absolute atomic E-state index is 14.5. The molecule has 0 bridgehead atoms. The summed E-state index contributed by atoms with van der Waals surface area (Å²) >= 11 is 6.01. The van der Waals surface area contributed by atoms with Gasteiger partial charge in [0.25, 0.3) is 5.91 Å². The Balaban J connectivity index is 1.75. The van der Waals surface area contributed by atoms with Crippen molar-refractivity contribution in [1.29, 1.82) is 0 Å². The number of hydrogen-bond donors (Lipinski definition) is 5. The molecule has 1 aromatic rings. The molecule has 3 fully saturated rings. The van der Waals surface area contributed by atoms with Crippen molar-refractivity contribution in [2.45, 2.75) is 192 Å². The predicted molar refractivity (Wildman–Crippen MR) is 246 cm³/mol. The third-order valence-corrected chi connectivity index (χ3v) is 14.5. The highest BCUT2D eigenvalue weighted by Crippen LogP contribution is 2.40. The van der Waals surface area contributed by atoms with Crippen LogP contribution < -0.4 is 5.32 Å². The van der Waals surface area contributed by atoms with Crippen LogP contribution in [0.4, 0.5) is 0 Å². The van der Waals surface area contributed by atoms with Crippen molar-refractivity contribution in [3.63, 3.8) is 0 Å². The molecular formula is C48H82ClN3O13. The summed E-state index contributed by atoms with van der Waals surface area (Å²) in [5, 5.41) is 51.0. The molecule has 4 rings (SSSR count).